The van der Waals surface area contributed by atoms with Gasteiger partial charge in [0.1, 0.15) is 13.2 Å². The third kappa shape index (κ3) is 53.2. The molecule has 386 valence electrons. The lowest BCUT2D eigenvalue weighted by Gasteiger charge is -2.18. The predicted molar refractivity (Wildman–Crippen MR) is 280 cm³/mol. The first-order chi connectivity index (χ1) is 31.9. The minimum atomic E-state index is -0.762. The van der Waals surface area contributed by atoms with E-state index in [0.29, 0.717) is 19.3 Å². The fraction of sp³-hybridized carbons (Fsp3) is 0.949. The van der Waals surface area contributed by atoms with Crippen molar-refractivity contribution in [2.75, 3.05) is 13.2 Å². The second-order valence-corrected chi connectivity index (χ2v) is 20.8. The molecular weight excluding hydrogens is 805 g/mol. The zero-order chi connectivity index (χ0) is 47.4. The van der Waals surface area contributed by atoms with Gasteiger partial charge in [0.2, 0.25) is 0 Å². The minimum absolute atomic E-state index is 0.0617. The first-order valence-electron chi connectivity index (χ1n) is 29.4. The molecule has 65 heavy (non-hydrogen) atoms. The molecule has 0 unspecified atom stereocenters. The van der Waals surface area contributed by atoms with Crippen LogP contribution < -0.4 is 0 Å². The Morgan fingerprint density at radius 1 is 0.292 bits per heavy atom. The highest BCUT2D eigenvalue weighted by Crippen LogP contribution is 2.18. The van der Waals surface area contributed by atoms with Gasteiger partial charge in [-0.3, -0.25) is 14.4 Å². The average molecular weight is 920 g/mol. The fourth-order valence-electron chi connectivity index (χ4n) is 9.10. The summed E-state index contributed by atoms with van der Waals surface area (Å²) >= 11 is 0. The number of unbranched alkanes of at least 4 members (excludes halogenated alkanes) is 41. The molecule has 0 spiro atoms. The molecule has 0 aliphatic heterocycles. The minimum Gasteiger partial charge on any atom is -0.462 e. The van der Waals surface area contributed by atoms with Crippen LogP contribution in [0.4, 0.5) is 0 Å². The Hall–Kier alpha value is -1.59. The Morgan fingerprint density at radius 2 is 0.508 bits per heavy atom. The second-order valence-electron chi connectivity index (χ2n) is 20.8. The maximum atomic E-state index is 12.9. The van der Waals surface area contributed by atoms with Crippen LogP contribution >= 0.6 is 0 Å². The van der Waals surface area contributed by atoms with Crippen molar-refractivity contribution in [3.63, 3.8) is 0 Å². The van der Waals surface area contributed by atoms with E-state index >= 15 is 0 Å². The van der Waals surface area contributed by atoms with Crippen LogP contribution in [-0.2, 0) is 28.6 Å². The Morgan fingerprint density at radius 3 is 0.754 bits per heavy atom. The molecule has 6 nitrogen and oxygen atoms in total. The Labute approximate surface area is 406 Å². The molecule has 0 saturated heterocycles. The van der Waals surface area contributed by atoms with Crippen molar-refractivity contribution in [1.29, 1.82) is 0 Å². The Kier molecular flexibility index (Phi) is 52.1. The Bertz CT molecular complexity index is 980. The molecular formula is C59H114O6. The summed E-state index contributed by atoms with van der Waals surface area (Å²) in [6.07, 6.45) is 58.0. The average Bonchev–Trinajstić information content (AvgIpc) is 3.29. The summed E-state index contributed by atoms with van der Waals surface area (Å²) in [6.45, 7) is 9.07. The molecule has 0 bridgehead atoms. The molecule has 0 saturated carbocycles. The van der Waals surface area contributed by atoms with E-state index in [0.717, 1.165) is 63.7 Å². The third-order valence-electron chi connectivity index (χ3n) is 13.5. The SMILES string of the molecule is CCCCCCCCCCCCCCCCCCCC(=O)O[C@@H](COC(=O)CCCCCCCCCCCCCCC)COC(=O)CCCCCCCCCCCCCCCCC(C)C. The topological polar surface area (TPSA) is 78.9 Å². The number of ether oxygens (including phenoxy) is 3. The Balaban J connectivity index is 4.28. The molecule has 1 atom stereocenters. The first-order valence-corrected chi connectivity index (χ1v) is 29.4. The van der Waals surface area contributed by atoms with Crippen LogP contribution in [0.15, 0.2) is 0 Å². The molecule has 0 rings (SSSR count). The highest BCUT2D eigenvalue weighted by Gasteiger charge is 2.19. The number of hydrogen-bond acceptors (Lipinski definition) is 6. The largest absolute Gasteiger partial charge is 0.462 e. The summed E-state index contributed by atoms with van der Waals surface area (Å²) in [5.74, 6) is 0.0111. The van der Waals surface area contributed by atoms with Gasteiger partial charge in [-0.25, -0.2) is 0 Å². The van der Waals surface area contributed by atoms with Gasteiger partial charge in [0.25, 0.3) is 0 Å². The van der Waals surface area contributed by atoms with Crippen LogP contribution in [0.2, 0.25) is 0 Å². The number of rotatable bonds is 54. The van der Waals surface area contributed by atoms with Crippen LogP contribution in [-0.4, -0.2) is 37.2 Å². The summed E-state index contributed by atoms with van der Waals surface area (Å²) in [7, 11) is 0. The standard InChI is InChI=1S/C59H114O6/c1-5-7-9-11-13-15-17-19-20-21-22-28-32-36-40-44-48-52-59(62)65-56(53-63-57(60)50-46-42-38-34-30-25-18-16-14-12-10-8-6-2)54-64-58(61)51-47-43-39-35-31-27-24-23-26-29-33-37-41-45-49-55(3)4/h55-56H,5-54H2,1-4H3/t56-/m0/s1. The van der Waals surface area contributed by atoms with Gasteiger partial charge < -0.3 is 14.2 Å². The summed E-state index contributed by atoms with van der Waals surface area (Å²) in [5, 5.41) is 0. The van der Waals surface area contributed by atoms with Crippen molar-refractivity contribution < 1.29 is 28.6 Å². The molecule has 0 fully saturated rings. The van der Waals surface area contributed by atoms with Crippen molar-refractivity contribution in [2.45, 2.75) is 342 Å². The van der Waals surface area contributed by atoms with Gasteiger partial charge in [0, 0.05) is 19.3 Å². The normalized spacial score (nSPS) is 12.0. The second kappa shape index (κ2) is 53.4. The van der Waals surface area contributed by atoms with E-state index in [1.807, 2.05) is 0 Å². The van der Waals surface area contributed by atoms with E-state index in [9.17, 15) is 14.4 Å². The zero-order valence-electron chi connectivity index (χ0n) is 44.5. The monoisotopic (exact) mass is 919 g/mol. The van der Waals surface area contributed by atoms with E-state index in [-0.39, 0.29) is 31.1 Å². The quantitative estimate of drug-likeness (QED) is 0.0344. The highest BCUT2D eigenvalue weighted by molar-refractivity contribution is 5.71. The van der Waals surface area contributed by atoms with Gasteiger partial charge in [0.15, 0.2) is 6.10 Å². The lowest BCUT2D eigenvalue weighted by Crippen LogP contribution is -2.30. The van der Waals surface area contributed by atoms with Crippen LogP contribution in [0, 0.1) is 5.92 Å². The number of carbonyl (C=O) groups is 3. The molecule has 6 heteroatoms. The van der Waals surface area contributed by atoms with Crippen LogP contribution in [0.25, 0.3) is 0 Å². The third-order valence-corrected chi connectivity index (χ3v) is 13.5. The number of carbonyl (C=O) groups excluding carboxylic acids is 3. The van der Waals surface area contributed by atoms with Crippen molar-refractivity contribution in [1.82, 2.24) is 0 Å². The van der Waals surface area contributed by atoms with E-state index in [1.165, 1.54) is 231 Å². The molecule has 0 aromatic carbocycles. The highest BCUT2D eigenvalue weighted by atomic mass is 16.6. The molecule has 0 heterocycles. The van der Waals surface area contributed by atoms with Crippen LogP contribution in [0.1, 0.15) is 336 Å². The maximum Gasteiger partial charge on any atom is 0.306 e. The molecule has 0 N–H and O–H groups in total. The van der Waals surface area contributed by atoms with Gasteiger partial charge in [-0.1, -0.05) is 297 Å². The summed E-state index contributed by atoms with van der Waals surface area (Å²) in [5.41, 5.74) is 0. The molecule has 0 radical (unpaired) electrons. The van der Waals surface area contributed by atoms with Crippen molar-refractivity contribution in [3.8, 4) is 0 Å². The first kappa shape index (κ1) is 63.4. The summed E-state index contributed by atoms with van der Waals surface area (Å²) in [6, 6.07) is 0. The fourth-order valence-corrected chi connectivity index (χ4v) is 9.10. The number of hydrogen-bond donors (Lipinski definition) is 0. The predicted octanol–water partition coefficient (Wildman–Crippen LogP) is 19.4. The van der Waals surface area contributed by atoms with Gasteiger partial charge in [-0.2, -0.15) is 0 Å². The zero-order valence-corrected chi connectivity index (χ0v) is 44.5. The molecule has 0 aromatic heterocycles. The van der Waals surface area contributed by atoms with E-state index in [1.54, 1.807) is 0 Å². The van der Waals surface area contributed by atoms with Gasteiger partial charge >= 0.3 is 17.9 Å². The lowest BCUT2D eigenvalue weighted by molar-refractivity contribution is -0.167. The van der Waals surface area contributed by atoms with Gasteiger partial charge in [0.05, 0.1) is 0 Å². The van der Waals surface area contributed by atoms with Crippen molar-refractivity contribution in [2.24, 2.45) is 5.92 Å². The summed E-state index contributed by atoms with van der Waals surface area (Å²) in [4.78, 5) is 38.1. The lowest BCUT2D eigenvalue weighted by atomic mass is 10.0. The molecule has 0 aliphatic carbocycles. The van der Waals surface area contributed by atoms with E-state index in [4.69, 9.17) is 14.2 Å². The smallest absolute Gasteiger partial charge is 0.306 e. The van der Waals surface area contributed by atoms with Crippen molar-refractivity contribution in [3.05, 3.63) is 0 Å². The van der Waals surface area contributed by atoms with Crippen LogP contribution in [0.5, 0.6) is 0 Å². The molecule has 0 aromatic rings. The molecule has 0 aliphatic rings. The van der Waals surface area contributed by atoms with Gasteiger partial charge in [-0.15, -0.1) is 0 Å². The molecule has 0 amide bonds. The van der Waals surface area contributed by atoms with Crippen molar-refractivity contribution >= 4 is 17.9 Å². The summed E-state index contributed by atoms with van der Waals surface area (Å²) < 4.78 is 16.9. The van der Waals surface area contributed by atoms with Gasteiger partial charge in [-0.05, 0) is 25.2 Å². The van der Waals surface area contributed by atoms with E-state index in [2.05, 4.69) is 27.7 Å². The van der Waals surface area contributed by atoms with Crippen LogP contribution in [0.3, 0.4) is 0 Å². The number of esters is 3. The maximum absolute atomic E-state index is 12.9. The van der Waals surface area contributed by atoms with E-state index < -0.39 is 6.10 Å².